The molecule has 0 aromatic carbocycles. The maximum Gasteiger partial charge on any atom is 0.243 e. The Kier molecular flexibility index (Phi) is 3.81. The lowest BCUT2D eigenvalue weighted by Gasteiger charge is -2.15. The van der Waals surface area contributed by atoms with Crippen molar-refractivity contribution >= 4 is 23.1 Å². The summed E-state index contributed by atoms with van der Waals surface area (Å²) >= 11 is 0. The summed E-state index contributed by atoms with van der Waals surface area (Å²) in [4.78, 5) is 4.55. The Labute approximate surface area is 139 Å². The Balaban J connectivity index is 1.63. The van der Waals surface area contributed by atoms with Crippen LogP contribution in [0.5, 0.6) is 0 Å². The molecule has 8 heteroatoms. The van der Waals surface area contributed by atoms with Crippen molar-refractivity contribution in [1.82, 2.24) is 24.8 Å². The van der Waals surface area contributed by atoms with Crippen LogP contribution in [0.15, 0.2) is 24.4 Å². The Morgan fingerprint density at radius 3 is 3.08 bits per heavy atom. The highest BCUT2D eigenvalue weighted by Gasteiger charge is 2.25. The molecule has 4 N–H and O–H groups in total. The smallest absolute Gasteiger partial charge is 0.243 e. The summed E-state index contributed by atoms with van der Waals surface area (Å²) in [6.07, 6.45) is 5.11. The highest BCUT2D eigenvalue weighted by atomic mass is 16.3. The number of anilines is 3. The number of hydrogen-bond donors (Lipinski definition) is 4. The van der Waals surface area contributed by atoms with E-state index in [1.807, 2.05) is 31.3 Å². The van der Waals surface area contributed by atoms with Gasteiger partial charge < -0.3 is 15.7 Å². The first-order valence-electron chi connectivity index (χ1n) is 8.32. The van der Waals surface area contributed by atoms with Crippen LogP contribution in [-0.4, -0.2) is 42.6 Å². The summed E-state index contributed by atoms with van der Waals surface area (Å²) in [5.41, 5.74) is 2.04. The highest BCUT2D eigenvalue weighted by Crippen LogP contribution is 2.39. The molecule has 3 aromatic rings. The van der Waals surface area contributed by atoms with Crippen molar-refractivity contribution < 1.29 is 5.11 Å². The third kappa shape index (κ3) is 2.92. The van der Waals surface area contributed by atoms with Crippen molar-refractivity contribution in [3.05, 3.63) is 30.1 Å². The van der Waals surface area contributed by atoms with Gasteiger partial charge in [-0.3, -0.25) is 5.10 Å². The third-order valence-corrected chi connectivity index (χ3v) is 4.30. The molecule has 126 valence electrons. The number of nitrogens with one attached hydrogen (secondary N) is 3. The fourth-order valence-corrected chi connectivity index (χ4v) is 2.67. The second-order valence-electron chi connectivity index (χ2n) is 6.16. The van der Waals surface area contributed by atoms with E-state index in [0.717, 1.165) is 17.8 Å². The second kappa shape index (κ2) is 6.12. The number of aliphatic hydroxyl groups is 1. The maximum absolute atomic E-state index is 9.37. The first-order chi connectivity index (χ1) is 11.8. The third-order valence-electron chi connectivity index (χ3n) is 4.30. The molecule has 24 heavy (non-hydrogen) atoms. The summed E-state index contributed by atoms with van der Waals surface area (Å²) < 4.78 is 1.76. The number of aromatic nitrogens is 5. The summed E-state index contributed by atoms with van der Waals surface area (Å²) in [6, 6.07) is 5.83. The molecular formula is C16H21N7O. The lowest BCUT2D eigenvalue weighted by molar-refractivity contribution is 0.271. The first kappa shape index (κ1) is 14.9. The fraction of sp³-hybridized carbons (Fsp3) is 0.438. The molecule has 8 nitrogen and oxygen atoms in total. The van der Waals surface area contributed by atoms with E-state index in [4.69, 9.17) is 0 Å². The molecule has 1 saturated carbocycles. The van der Waals surface area contributed by atoms with Crippen molar-refractivity contribution in [3.8, 4) is 0 Å². The van der Waals surface area contributed by atoms with Crippen molar-refractivity contribution in [1.29, 1.82) is 0 Å². The summed E-state index contributed by atoms with van der Waals surface area (Å²) in [6.45, 7) is 2.04. The number of H-pyrrole nitrogens is 1. The van der Waals surface area contributed by atoms with Gasteiger partial charge >= 0.3 is 0 Å². The highest BCUT2D eigenvalue weighted by molar-refractivity contribution is 5.73. The van der Waals surface area contributed by atoms with E-state index in [2.05, 4.69) is 30.9 Å². The fourth-order valence-electron chi connectivity index (χ4n) is 2.67. The Hall–Kier alpha value is -2.61. The van der Waals surface area contributed by atoms with Crippen molar-refractivity contribution in [2.45, 2.75) is 38.1 Å². The van der Waals surface area contributed by atoms with Gasteiger partial charge in [-0.05, 0) is 31.4 Å². The Morgan fingerprint density at radius 1 is 1.46 bits per heavy atom. The number of aromatic amines is 1. The van der Waals surface area contributed by atoms with Crippen LogP contribution in [0.25, 0.3) is 5.52 Å². The van der Waals surface area contributed by atoms with Crippen LogP contribution in [0.2, 0.25) is 0 Å². The van der Waals surface area contributed by atoms with Gasteiger partial charge in [0, 0.05) is 23.9 Å². The second-order valence-corrected chi connectivity index (χ2v) is 6.16. The monoisotopic (exact) mass is 327 g/mol. The quantitative estimate of drug-likeness (QED) is 0.531. The van der Waals surface area contributed by atoms with Gasteiger partial charge in [0.2, 0.25) is 5.95 Å². The van der Waals surface area contributed by atoms with Crippen molar-refractivity contribution in [2.24, 2.45) is 0 Å². The number of fused-ring (bicyclic) bond motifs is 1. The number of nitrogens with zero attached hydrogens (tertiary/aromatic N) is 4. The van der Waals surface area contributed by atoms with Crippen LogP contribution >= 0.6 is 0 Å². The molecule has 3 aromatic heterocycles. The molecular weight excluding hydrogens is 306 g/mol. The standard InChI is InChI=1S/C16H21N7O/c1-2-11(9-24)17-16-19-15(13-4-3-7-23(13)22-16)18-14-8-12(20-21-14)10-5-6-10/h3-4,7-8,10-11,24H,2,5-6,9H2,1H3,(H3,17,18,19,20,21,22)/t11-/m0/s1. The Morgan fingerprint density at radius 2 is 2.33 bits per heavy atom. The molecule has 3 heterocycles. The van der Waals surface area contributed by atoms with E-state index >= 15 is 0 Å². The normalized spacial score (nSPS) is 15.6. The van der Waals surface area contributed by atoms with E-state index in [0.29, 0.717) is 17.7 Å². The lowest BCUT2D eigenvalue weighted by Crippen LogP contribution is -2.24. The zero-order valence-corrected chi connectivity index (χ0v) is 13.5. The molecule has 1 atom stereocenters. The minimum absolute atomic E-state index is 0.0381. The molecule has 0 bridgehead atoms. The van der Waals surface area contributed by atoms with Crippen LogP contribution in [0.1, 0.15) is 37.8 Å². The van der Waals surface area contributed by atoms with Crippen LogP contribution in [0.3, 0.4) is 0 Å². The zero-order valence-electron chi connectivity index (χ0n) is 13.5. The minimum atomic E-state index is -0.0716. The summed E-state index contributed by atoms with van der Waals surface area (Å²) in [5, 5.41) is 27.6. The summed E-state index contributed by atoms with van der Waals surface area (Å²) in [7, 11) is 0. The zero-order chi connectivity index (χ0) is 16.5. The van der Waals surface area contributed by atoms with Crippen molar-refractivity contribution in [2.75, 3.05) is 17.2 Å². The molecule has 0 amide bonds. The Bertz CT molecular complexity index is 832. The molecule has 0 saturated heterocycles. The lowest BCUT2D eigenvalue weighted by atomic mass is 10.2. The van der Waals surface area contributed by atoms with Gasteiger partial charge in [-0.25, -0.2) is 4.52 Å². The van der Waals surface area contributed by atoms with Crippen LogP contribution in [0, 0.1) is 0 Å². The molecule has 0 unspecified atom stereocenters. The predicted octanol–water partition coefficient (Wildman–Crippen LogP) is 2.26. The maximum atomic E-state index is 9.37. The average Bonchev–Trinajstić information content (AvgIpc) is 3.15. The topological polar surface area (TPSA) is 103 Å². The van der Waals surface area contributed by atoms with Gasteiger partial charge in [0.05, 0.1) is 12.6 Å². The van der Waals surface area contributed by atoms with Crippen LogP contribution in [-0.2, 0) is 0 Å². The van der Waals surface area contributed by atoms with Crippen LogP contribution in [0.4, 0.5) is 17.6 Å². The van der Waals surface area contributed by atoms with Gasteiger partial charge in [0.15, 0.2) is 11.6 Å². The average molecular weight is 327 g/mol. The molecule has 0 aliphatic heterocycles. The molecule has 0 spiro atoms. The number of rotatable bonds is 7. The van der Waals surface area contributed by atoms with Gasteiger partial charge in [-0.1, -0.05) is 6.92 Å². The van der Waals surface area contributed by atoms with E-state index in [1.54, 1.807) is 4.52 Å². The largest absolute Gasteiger partial charge is 0.394 e. The van der Waals surface area contributed by atoms with E-state index < -0.39 is 0 Å². The molecule has 1 fully saturated rings. The minimum Gasteiger partial charge on any atom is -0.394 e. The van der Waals surface area contributed by atoms with E-state index in [1.165, 1.54) is 18.5 Å². The molecule has 1 aliphatic rings. The van der Waals surface area contributed by atoms with E-state index in [9.17, 15) is 5.11 Å². The van der Waals surface area contributed by atoms with Crippen molar-refractivity contribution in [3.63, 3.8) is 0 Å². The first-order valence-corrected chi connectivity index (χ1v) is 8.32. The number of aliphatic hydroxyl groups excluding tert-OH is 1. The molecule has 4 rings (SSSR count). The predicted molar refractivity (Wildman–Crippen MR) is 91.6 cm³/mol. The van der Waals surface area contributed by atoms with Gasteiger partial charge in [-0.2, -0.15) is 10.1 Å². The number of hydrogen-bond acceptors (Lipinski definition) is 6. The van der Waals surface area contributed by atoms with Gasteiger partial charge in [0.1, 0.15) is 5.52 Å². The molecule has 1 aliphatic carbocycles. The van der Waals surface area contributed by atoms with Gasteiger partial charge in [0.25, 0.3) is 0 Å². The van der Waals surface area contributed by atoms with Gasteiger partial charge in [-0.15, -0.1) is 5.10 Å². The SMILES string of the molecule is CC[C@@H](CO)Nc1nc(Nc2cc(C3CC3)[nH]n2)c2cccn2n1. The van der Waals surface area contributed by atoms with Crippen LogP contribution < -0.4 is 10.6 Å². The molecule has 0 radical (unpaired) electrons. The van der Waals surface area contributed by atoms with E-state index in [-0.39, 0.29) is 12.6 Å². The summed E-state index contributed by atoms with van der Waals surface area (Å²) in [5.74, 6) is 2.52.